The van der Waals surface area contributed by atoms with Gasteiger partial charge in [0, 0.05) is 50.9 Å². The van der Waals surface area contributed by atoms with Crippen LogP contribution in [-0.2, 0) is 24.9 Å². The summed E-state index contributed by atoms with van der Waals surface area (Å²) in [5.74, 6) is 1.10. The first kappa shape index (κ1) is 19.4. The molecule has 2 aromatic heterocycles. The van der Waals surface area contributed by atoms with Crippen LogP contribution < -0.4 is 11.1 Å². The summed E-state index contributed by atoms with van der Waals surface area (Å²) in [6.45, 7) is 10.9. The van der Waals surface area contributed by atoms with Crippen molar-refractivity contribution in [2.24, 2.45) is 7.05 Å². The molecule has 1 aliphatic heterocycles. The predicted molar refractivity (Wildman–Crippen MR) is 104 cm³/mol. The number of aromatic nitrogens is 4. The van der Waals surface area contributed by atoms with E-state index in [-0.39, 0.29) is 17.5 Å². The van der Waals surface area contributed by atoms with Gasteiger partial charge in [-0.15, -0.1) is 0 Å². The number of rotatable bonds is 5. The SMILES string of the molecule is CCn1c(C2CCCN(Cc3cc(C)n(NC(C)=O)c3C)C2)nn(C)c1=O. The topological polar surface area (TPSA) is 77.1 Å². The molecule has 3 heterocycles. The molecule has 27 heavy (non-hydrogen) atoms. The second kappa shape index (κ2) is 7.72. The Morgan fingerprint density at radius 2 is 2.11 bits per heavy atom. The predicted octanol–water partition coefficient (Wildman–Crippen LogP) is 1.49. The van der Waals surface area contributed by atoms with Crippen molar-refractivity contribution in [2.75, 3.05) is 18.5 Å². The van der Waals surface area contributed by atoms with E-state index < -0.39 is 0 Å². The van der Waals surface area contributed by atoms with Gasteiger partial charge in [0.05, 0.1) is 0 Å². The van der Waals surface area contributed by atoms with Crippen LogP contribution >= 0.6 is 0 Å². The Hall–Kier alpha value is -2.35. The first-order valence-corrected chi connectivity index (χ1v) is 9.63. The van der Waals surface area contributed by atoms with Crippen LogP contribution in [0.1, 0.15) is 55.4 Å². The Morgan fingerprint density at radius 1 is 1.37 bits per heavy atom. The zero-order valence-electron chi connectivity index (χ0n) is 16.9. The molecule has 0 spiro atoms. The van der Waals surface area contributed by atoms with Gasteiger partial charge in [0.1, 0.15) is 5.82 Å². The number of hydrogen-bond donors (Lipinski definition) is 1. The van der Waals surface area contributed by atoms with Crippen LogP contribution in [0.5, 0.6) is 0 Å². The fourth-order valence-electron chi connectivity index (χ4n) is 4.09. The third-order valence-electron chi connectivity index (χ3n) is 5.42. The maximum Gasteiger partial charge on any atom is 0.345 e. The first-order chi connectivity index (χ1) is 12.8. The molecule has 1 amide bonds. The van der Waals surface area contributed by atoms with Gasteiger partial charge in [-0.2, -0.15) is 5.10 Å². The Bertz CT molecular complexity index is 891. The fourth-order valence-corrected chi connectivity index (χ4v) is 4.09. The van der Waals surface area contributed by atoms with Gasteiger partial charge in [-0.1, -0.05) is 0 Å². The van der Waals surface area contributed by atoms with E-state index in [1.165, 1.54) is 17.2 Å². The summed E-state index contributed by atoms with van der Waals surface area (Å²) in [4.78, 5) is 26.1. The highest BCUT2D eigenvalue weighted by molar-refractivity contribution is 5.81. The summed E-state index contributed by atoms with van der Waals surface area (Å²) in [5, 5.41) is 4.50. The third kappa shape index (κ3) is 3.85. The third-order valence-corrected chi connectivity index (χ3v) is 5.42. The van der Waals surface area contributed by atoms with Gasteiger partial charge < -0.3 is 0 Å². The summed E-state index contributed by atoms with van der Waals surface area (Å²) in [6, 6.07) is 2.14. The lowest BCUT2D eigenvalue weighted by Gasteiger charge is -2.32. The number of piperidine rings is 1. The molecule has 1 saturated heterocycles. The van der Waals surface area contributed by atoms with Gasteiger partial charge >= 0.3 is 5.69 Å². The van der Waals surface area contributed by atoms with Gasteiger partial charge in [-0.25, -0.2) is 9.48 Å². The fraction of sp³-hybridized carbons (Fsp3) is 0.632. The minimum atomic E-state index is -0.0749. The Balaban J connectivity index is 1.77. The number of hydrogen-bond acceptors (Lipinski definition) is 4. The van der Waals surface area contributed by atoms with E-state index in [1.807, 2.05) is 25.4 Å². The van der Waals surface area contributed by atoms with Crippen molar-refractivity contribution in [1.82, 2.24) is 23.9 Å². The van der Waals surface area contributed by atoms with Crippen molar-refractivity contribution in [2.45, 2.75) is 59.5 Å². The van der Waals surface area contributed by atoms with E-state index in [0.717, 1.165) is 49.7 Å². The Labute approximate surface area is 159 Å². The van der Waals surface area contributed by atoms with Gasteiger partial charge in [-0.3, -0.25) is 24.4 Å². The molecule has 1 atom stereocenters. The number of carbonyl (C=O) groups is 1. The molecule has 1 N–H and O–H groups in total. The quantitative estimate of drug-likeness (QED) is 0.860. The maximum absolute atomic E-state index is 12.2. The number of aryl methyl sites for hydroxylation is 2. The van der Waals surface area contributed by atoms with Gasteiger partial charge in [0.2, 0.25) is 5.91 Å². The molecule has 8 nitrogen and oxygen atoms in total. The van der Waals surface area contributed by atoms with E-state index in [2.05, 4.69) is 21.5 Å². The summed E-state index contributed by atoms with van der Waals surface area (Å²) in [7, 11) is 1.72. The lowest BCUT2D eigenvalue weighted by atomic mass is 9.96. The second-order valence-electron chi connectivity index (χ2n) is 7.48. The van der Waals surface area contributed by atoms with E-state index in [1.54, 1.807) is 11.6 Å². The van der Waals surface area contributed by atoms with E-state index in [0.29, 0.717) is 6.54 Å². The standard InChI is InChI=1S/C19H30N6O2/c1-6-24-18(21-22(5)19(24)27)16-8-7-9-23(11-16)12-17-10-13(2)25(14(17)3)20-15(4)26/h10,16H,6-9,11-12H2,1-5H3,(H,20,26). The largest absolute Gasteiger partial charge is 0.345 e. The number of nitrogens with zero attached hydrogens (tertiary/aromatic N) is 5. The van der Waals surface area contributed by atoms with Crippen LogP contribution in [0.15, 0.2) is 10.9 Å². The summed E-state index contributed by atoms with van der Waals surface area (Å²) < 4.78 is 5.09. The van der Waals surface area contributed by atoms with Crippen molar-refractivity contribution in [3.05, 3.63) is 39.3 Å². The van der Waals surface area contributed by atoms with E-state index >= 15 is 0 Å². The molecule has 0 aliphatic carbocycles. The van der Waals surface area contributed by atoms with Crippen molar-refractivity contribution in [3.63, 3.8) is 0 Å². The molecule has 0 radical (unpaired) electrons. The Kier molecular flexibility index (Phi) is 5.55. The molecule has 1 fully saturated rings. The van der Waals surface area contributed by atoms with Crippen LogP contribution in [0.4, 0.5) is 0 Å². The molecule has 2 aromatic rings. The minimum Gasteiger partial charge on any atom is -0.298 e. The molecule has 0 saturated carbocycles. The molecule has 0 aromatic carbocycles. The van der Waals surface area contributed by atoms with Crippen LogP contribution in [0, 0.1) is 13.8 Å². The lowest BCUT2D eigenvalue weighted by molar-refractivity contribution is -0.115. The van der Waals surface area contributed by atoms with E-state index in [4.69, 9.17) is 0 Å². The zero-order valence-corrected chi connectivity index (χ0v) is 16.9. The molecule has 0 bridgehead atoms. The highest BCUT2D eigenvalue weighted by atomic mass is 16.2. The molecule has 1 aliphatic rings. The monoisotopic (exact) mass is 374 g/mol. The summed E-state index contributed by atoms with van der Waals surface area (Å²) in [5.41, 5.74) is 6.13. The van der Waals surface area contributed by atoms with Crippen molar-refractivity contribution in [3.8, 4) is 0 Å². The number of carbonyl (C=O) groups excluding carboxylic acids is 1. The van der Waals surface area contributed by atoms with Gasteiger partial charge in [-0.05, 0) is 51.8 Å². The molecular formula is C19H30N6O2. The first-order valence-electron chi connectivity index (χ1n) is 9.63. The van der Waals surface area contributed by atoms with Gasteiger partial charge in [0.15, 0.2) is 0 Å². The number of amides is 1. The highest BCUT2D eigenvalue weighted by Crippen LogP contribution is 2.27. The molecule has 8 heteroatoms. The van der Waals surface area contributed by atoms with Crippen molar-refractivity contribution < 1.29 is 4.79 Å². The number of likely N-dealkylation sites (tertiary alicyclic amines) is 1. The summed E-state index contributed by atoms with van der Waals surface area (Å²) >= 11 is 0. The van der Waals surface area contributed by atoms with Crippen molar-refractivity contribution >= 4 is 5.91 Å². The van der Waals surface area contributed by atoms with Crippen LogP contribution in [-0.4, -0.2) is 42.9 Å². The average molecular weight is 374 g/mol. The average Bonchev–Trinajstić information content (AvgIpc) is 3.05. The molecule has 1 unspecified atom stereocenters. The van der Waals surface area contributed by atoms with Gasteiger partial charge in [0.25, 0.3) is 0 Å². The molecule has 3 rings (SSSR count). The smallest absolute Gasteiger partial charge is 0.298 e. The normalized spacial score (nSPS) is 18.0. The number of nitrogens with one attached hydrogen (secondary N) is 1. The summed E-state index contributed by atoms with van der Waals surface area (Å²) in [6.07, 6.45) is 2.14. The zero-order chi connectivity index (χ0) is 19.7. The minimum absolute atomic E-state index is 0.0384. The Morgan fingerprint density at radius 3 is 2.78 bits per heavy atom. The van der Waals surface area contributed by atoms with Crippen LogP contribution in [0.25, 0.3) is 0 Å². The second-order valence-corrected chi connectivity index (χ2v) is 7.48. The lowest BCUT2D eigenvalue weighted by Crippen LogP contribution is -2.35. The highest BCUT2D eigenvalue weighted by Gasteiger charge is 2.27. The molecule has 148 valence electrons. The van der Waals surface area contributed by atoms with E-state index in [9.17, 15) is 9.59 Å². The van der Waals surface area contributed by atoms with Crippen LogP contribution in [0.2, 0.25) is 0 Å². The molecular weight excluding hydrogens is 344 g/mol. The maximum atomic E-state index is 12.2. The van der Waals surface area contributed by atoms with Crippen molar-refractivity contribution in [1.29, 1.82) is 0 Å². The van der Waals surface area contributed by atoms with Crippen LogP contribution in [0.3, 0.4) is 0 Å².